The largest absolute Gasteiger partial charge is 0.255 e. The molecule has 0 spiro atoms. The molecule has 0 bridgehead atoms. The quantitative estimate of drug-likeness (QED) is 0.591. The standard InChI is InChI=1S/C17H34N2/c1-2-3-4-5-6-7-8-9-13-18-19-14-16-11-10-12-17(16)15-19/h16-18H,2-15H2,1H3. The molecule has 1 saturated carbocycles. The van der Waals surface area contributed by atoms with Gasteiger partial charge in [-0.1, -0.05) is 58.3 Å². The molecule has 2 aliphatic rings. The zero-order valence-corrected chi connectivity index (χ0v) is 13.0. The van der Waals surface area contributed by atoms with Crippen LogP contribution in [0.1, 0.15) is 77.6 Å². The van der Waals surface area contributed by atoms with E-state index in [1.807, 2.05) is 0 Å². The van der Waals surface area contributed by atoms with Crippen molar-refractivity contribution in [2.75, 3.05) is 19.6 Å². The molecule has 19 heavy (non-hydrogen) atoms. The highest BCUT2D eigenvalue weighted by Crippen LogP contribution is 2.36. The molecule has 1 N–H and O–H groups in total. The first-order chi connectivity index (χ1) is 9.40. The van der Waals surface area contributed by atoms with Crippen LogP contribution in [0.3, 0.4) is 0 Å². The maximum atomic E-state index is 3.65. The lowest BCUT2D eigenvalue weighted by atomic mass is 10.0. The summed E-state index contributed by atoms with van der Waals surface area (Å²) in [4.78, 5) is 0. The van der Waals surface area contributed by atoms with Crippen molar-refractivity contribution in [1.29, 1.82) is 0 Å². The monoisotopic (exact) mass is 266 g/mol. The summed E-state index contributed by atoms with van der Waals surface area (Å²) in [5.74, 6) is 2.04. The third kappa shape index (κ3) is 5.43. The number of hydrogen-bond donors (Lipinski definition) is 1. The maximum Gasteiger partial charge on any atom is 0.0162 e. The SMILES string of the molecule is CCCCCCCCCCNN1CC2CCCC2C1. The van der Waals surface area contributed by atoms with Crippen molar-refractivity contribution in [3.63, 3.8) is 0 Å². The van der Waals surface area contributed by atoms with Crippen LogP contribution in [0.25, 0.3) is 0 Å². The van der Waals surface area contributed by atoms with E-state index >= 15 is 0 Å². The number of hydrogen-bond acceptors (Lipinski definition) is 2. The van der Waals surface area contributed by atoms with E-state index in [9.17, 15) is 0 Å². The van der Waals surface area contributed by atoms with Gasteiger partial charge in [-0.3, -0.25) is 5.43 Å². The minimum atomic E-state index is 1.02. The van der Waals surface area contributed by atoms with E-state index < -0.39 is 0 Å². The highest BCUT2D eigenvalue weighted by atomic mass is 15.5. The molecule has 2 atom stereocenters. The Morgan fingerprint density at radius 3 is 2.05 bits per heavy atom. The van der Waals surface area contributed by atoms with E-state index in [2.05, 4.69) is 17.4 Å². The molecule has 0 amide bonds. The van der Waals surface area contributed by atoms with Crippen LogP contribution in [-0.4, -0.2) is 24.6 Å². The fraction of sp³-hybridized carbons (Fsp3) is 1.00. The molecule has 2 nitrogen and oxygen atoms in total. The summed E-state index contributed by atoms with van der Waals surface area (Å²) in [5.41, 5.74) is 3.65. The van der Waals surface area contributed by atoms with Crippen LogP contribution in [0, 0.1) is 11.8 Å². The van der Waals surface area contributed by atoms with Gasteiger partial charge in [0.15, 0.2) is 0 Å². The van der Waals surface area contributed by atoms with Gasteiger partial charge < -0.3 is 0 Å². The Bertz CT molecular complexity index is 217. The molecule has 1 aliphatic heterocycles. The van der Waals surface area contributed by atoms with Crippen LogP contribution in [0.2, 0.25) is 0 Å². The second kappa shape index (κ2) is 8.97. The first kappa shape index (κ1) is 15.3. The fourth-order valence-electron chi connectivity index (χ4n) is 3.86. The van der Waals surface area contributed by atoms with Gasteiger partial charge in [0.25, 0.3) is 0 Å². The molecule has 0 aromatic heterocycles. The first-order valence-corrected chi connectivity index (χ1v) is 8.88. The second-order valence-corrected chi connectivity index (χ2v) is 6.74. The van der Waals surface area contributed by atoms with Gasteiger partial charge in [-0.2, -0.15) is 0 Å². The van der Waals surface area contributed by atoms with Crippen LogP contribution in [0.15, 0.2) is 0 Å². The molecule has 2 unspecified atom stereocenters. The van der Waals surface area contributed by atoms with E-state index in [-0.39, 0.29) is 0 Å². The molecule has 112 valence electrons. The van der Waals surface area contributed by atoms with Crippen molar-refractivity contribution in [3.05, 3.63) is 0 Å². The topological polar surface area (TPSA) is 15.3 Å². The minimum absolute atomic E-state index is 1.02. The smallest absolute Gasteiger partial charge is 0.0162 e. The summed E-state index contributed by atoms with van der Waals surface area (Å²) in [7, 11) is 0. The molecule has 2 rings (SSSR count). The molecule has 0 aromatic carbocycles. The Morgan fingerprint density at radius 2 is 1.42 bits per heavy atom. The van der Waals surface area contributed by atoms with E-state index in [1.165, 1.54) is 90.3 Å². The summed E-state index contributed by atoms with van der Waals surface area (Å²) < 4.78 is 0. The fourth-order valence-corrected chi connectivity index (χ4v) is 3.86. The van der Waals surface area contributed by atoms with Crippen molar-refractivity contribution in [3.8, 4) is 0 Å². The van der Waals surface area contributed by atoms with Gasteiger partial charge >= 0.3 is 0 Å². The van der Waals surface area contributed by atoms with Crippen molar-refractivity contribution in [2.24, 2.45) is 11.8 Å². The lowest BCUT2D eigenvalue weighted by Gasteiger charge is -2.18. The van der Waals surface area contributed by atoms with Gasteiger partial charge in [0.2, 0.25) is 0 Å². The van der Waals surface area contributed by atoms with E-state index in [4.69, 9.17) is 0 Å². The Labute approximate surface area is 120 Å². The Morgan fingerprint density at radius 1 is 0.842 bits per heavy atom. The predicted octanol–water partition coefficient (Wildman–Crippen LogP) is 4.36. The number of nitrogens with zero attached hydrogens (tertiary/aromatic N) is 1. The molecule has 1 saturated heterocycles. The highest BCUT2D eigenvalue weighted by Gasteiger charge is 2.35. The van der Waals surface area contributed by atoms with Crippen LogP contribution < -0.4 is 5.43 Å². The van der Waals surface area contributed by atoms with Crippen molar-refractivity contribution >= 4 is 0 Å². The van der Waals surface area contributed by atoms with Crippen LogP contribution in [0.4, 0.5) is 0 Å². The minimum Gasteiger partial charge on any atom is -0.255 e. The average molecular weight is 266 g/mol. The van der Waals surface area contributed by atoms with Crippen molar-refractivity contribution < 1.29 is 0 Å². The summed E-state index contributed by atoms with van der Waals surface area (Å²) in [6, 6.07) is 0. The van der Waals surface area contributed by atoms with Crippen LogP contribution in [0.5, 0.6) is 0 Å². The Hall–Kier alpha value is -0.0800. The molecule has 2 heteroatoms. The van der Waals surface area contributed by atoms with Crippen LogP contribution >= 0.6 is 0 Å². The van der Waals surface area contributed by atoms with Crippen molar-refractivity contribution in [2.45, 2.75) is 77.6 Å². The van der Waals surface area contributed by atoms with E-state index in [0.717, 1.165) is 11.8 Å². The zero-order chi connectivity index (χ0) is 13.3. The number of hydrazine groups is 1. The highest BCUT2D eigenvalue weighted by molar-refractivity contribution is 4.86. The van der Waals surface area contributed by atoms with E-state index in [1.54, 1.807) is 0 Å². The molecule has 2 fully saturated rings. The van der Waals surface area contributed by atoms with Crippen LogP contribution in [-0.2, 0) is 0 Å². The van der Waals surface area contributed by atoms with E-state index in [0.29, 0.717) is 0 Å². The third-order valence-electron chi connectivity index (χ3n) is 5.09. The Balaban J connectivity index is 1.37. The van der Waals surface area contributed by atoms with Gasteiger partial charge in [-0.25, -0.2) is 5.01 Å². The molecular formula is C17H34N2. The van der Waals surface area contributed by atoms with Crippen molar-refractivity contribution in [1.82, 2.24) is 10.4 Å². The van der Waals surface area contributed by atoms with Gasteiger partial charge in [0.05, 0.1) is 0 Å². The molecule has 1 heterocycles. The summed E-state index contributed by atoms with van der Waals surface area (Å²) in [6.07, 6.45) is 15.8. The number of fused-ring (bicyclic) bond motifs is 1. The Kier molecular flexibility index (Phi) is 7.23. The summed E-state index contributed by atoms with van der Waals surface area (Å²) >= 11 is 0. The molecule has 0 aromatic rings. The lowest BCUT2D eigenvalue weighted by molar-refractivity contribution is 0.215. The normalized spacial score (nSPS) is 27.0. The van der Waals surface area contributed by atoms with Gasteiger partial charge in [0, 0.05) is 19.6 Å². The van der Waals surface area contributed by atoms with Gasteiger partial charge in [0.1, 0.15) is 0 Å². The molecule has 1 aliphatic carbocycles. The predicted molar refractivity (Wildman–Crippen MR) is 83.0 cm³/mol. The molecular weight excluding hydrogens is 232 g/mol. The number of nitrogens with one attached hydrogen (secondary N) is 1. The third-order valence-corrected chi connectivity index (χ3v) is 5.09. The lowest BCUT2D eigenvalue weighted by Crippen LogP contribution is -2.37. The average Bonchev–Trinajstić information content (AvgIpc) is 2.97. The number of rotatable bonds is 10. The zero-order valence-electron chi connectivity index (χ0n) is 13.0. The first-order valence-electron chi connectivity index (χ1n) is 8.88. The summed E-state index contributed by atoms with van der Waals surface area (Å²) in [6.45, 7) is 6.13. The van der Waals surface area contributed by atoms with Gasteiger partial charge in [-0.15, -0.1) is 0 Å². The maximum absolute atomic E-state index is 3.65. The number of unbranched alkanes of at least 4 members (excludes halogenated alkanes) is 7. The molecule has 0 radical (unpaired) electrons. The van der Waals surface area contributed by atoms with Gasteiger partial charge in [-0.05, 0) is 31.1 Å². The second-order valence-electron chi connectivity index (χ2n) is 6.74. The summed E-state index contributed by atoms with van der Waals surface area (Å²) in [5, 5.41) is 2.51.